The highest BCUT2D eigenvalue weighted by molar-refractivity contribution is 5.62. The van der Waals surface area contributed by atoms with Crippen LogP contribution in [0, 0.1) is 23.7 Å². The fourth-order valence-corrected chi connectivity index (χ4v) is 6.55. The molecule has 0 aliphatic rings. The van der Waals surface area contributed by atoms with Gasteiger partial charge in [-0.3, -0.25) is 0 Å². The van der Waals surface area contributed by atoms with Crippen molar-refractivity contribution in [3.05, 3.63) is 59.2 Å². The Balaban J connectivity index is 1.56. The molecule has 0 radical (unpaired) electrons. The summed E-state index contributed by atoms with van der Waals surface area (Å²) in [6.45, 7) is 18.3. The standard InChI is InChI=1S/C44H66N8/c1-31(2)19-9-13-23-37-39(25-15-11-21-33(5)6)49-51-43(47-37)41-29-17-27-35(45-41)36-28-18-30-42(46-36)44-48-38(24-14-10-20-32(3)4)40(50-52-44)26-16-12-22-34(7)8/h17-18,27-34H,9-16,19-26H2,1-8H3. The number of pyridine rings is 2. The molecule has 0 aliphatic heterocycles. The second kappa shape index (κ2) is 21.8. The van der Waals surface area contributed by atoms with Crippen LogP contribution in [0.3, 0.4) is 0 Å². The maximum atomic E-state index is 5.08. The van der Waals surface area contributed by atoms with Gasteiger partial charge in [0, 0.05) is 0 Å². The predicted molar refractivity (Wildman–Crippen MR) is 215 cm³/mol. The summed E-state index contributed by atoms with van der Waals surface area (Å²) < 4.78 is 0. The topological polar surface area (TPSA) is 103 Å². The van der Waals surface area contributed by atoms with Gasteiger partial charge in [0.05, 0.1) is 34.2 Å². The minimum absolute atomic E-state index is 0.571. The van der Waals surface area contributed by atoms with E-state index in [4.69, 9.17) is 30.1 Å². The summed E-state index contributed by atoms with van der Waals surface area (Å²) in [4.78, 5) is 20.2. The van der Waals surface area contributed by atoms with Crippen LogP contribution in [0.2, 0.25) is 0 Å². The molecule has 4 aromatic rings. The SMILES string of the molecule is CC(C)CCCCc1nnc(-c2cccc(-c3cccc(-c4nnc(CCCCC(C)C)c(CCCCC(C)C)n4)n3)n2)nc1CCCCC(C)C. The molecule has 0 saturated carbocycles. The molecule has 4 aromatic heterocycles. The lowest BCUT2D eigenvalue weighted by Crippen LogP contribution is -2.08. The van der Waals surface area contributed by atoms with Crippen molar-refractivity contribution in [3.63, 3.8) is 0 Å². The summed E-state index contributed by atoms with van der Waals surface area (Å²) in [5, 5.41) is 18.7. The largest absolute Gasteiger partial charge is 0.243 e. The molecule has 0 unspecified atom stereocenters. The lowest BCUT2D eigenvalue weighted by atomic mass is 10.0. The van der Waals surface area contributed by atoms with Gasteiger partial charge < -0.3 is 0 Å². The first-order chi connectivity index (χ1) is 25.1. The molecule has 282 valence electrons. The Hall–Kier alpha value is -3.68. The Labute approximate surface area is 315 Å². The second-order valence-corrected chi connectivity index (χ2v) is 16.4. The highest BCUT2D eigenvalue weighted by Crippen LogP contribution is 2.24. The second-order valence-electron chi connectivity index (χ2n) is 16.4. The van der Waals surface area contributed by atoms with Crippen LogP contribution in [0.4, 0.5) is 0 Å². The minimum atomic E-state index is 0.571. The van der Waals surface area contributed by atoms with E-state index in [0.29, 0.717) is 34.9 Å². The maximum absolute atomic E-state index is 5.08. The fourth-order valence-electron chi connectivity index (χ4n) is 6.55. The highest BCUT2D eigenvalue weighted by Gasteiger charge is 2.16. The van der Waals surface area contributed by atoms with E-state index in [-0.39, 0.29) is 0 Å². The molecule has 0 atom stereocenters. The highest BCUT2D eigenvalue weighted by atomic mass is 15.2. The Kier molecular flexibility index (Phi) is 17.2. The average molecular weight is 707 g/mol. The zero-order valence-electron chi connectivity index (χ0n) is 33.7. The van der Waals surface area contributed by atoms with Gasteiger partial charge in [0.15, 0.2) is 0 Å². The molecular formula is C44H66N8. The molecule has 0 N–H and O–H groups in total. The monoisotopic (exact) mass is 707 g/mol. The summed E-state index contributed by atoms with van der Waals surface area (Å²) >= 11 is 0. The van der Waals surface area contributed by atoms with E-state index in [1.54, 1.807) is 0 Å². The third kappa shape index (κ3) is 14.0. The van der Waals surface area contributed by atoms with Crippen molar-refractivity contribution in [2.75, 3.05) is 0 Å². The van der Waals surface area contributed by atoms with Crippen molar-refractivity contribution in [1.29, 1.82) is 0 Å². The van der Waals surface area contributed by atoms with E-state index in [1.807, 2.05) is 36.4 Å². The normalized spacial score (nSPS) is 11.8. The van der Waals surface area contributed by atoms with E-state index in [9.17, 15) is 0 Å². The van der Waals surface area contributed by atoms with Gasteiger partial charge in [0.1, 0.15) is 11.4 Å². The third-order valence-corrected chi connectivity index (χ3v) is 9.68. The van der Waals surface area contributed by atoms with Crippen LogP contribution >= 0.6 is 0 Å². The smallest absolute Gasteiger partial charge is 0.200 e. The van der Waals surface area contributed by atoms with E-state index < -0.39 is 0 Å². The molecule has 0 aliphatic carbocycles. The summed E-state index contributed by atoms with van der Waals surface area (Å²) in [5.74, 6) is 4.00. The number of aryl methyl sites for hydroxylation is 4. The number of rotatable bonds is 23. The van der Waals surface area contributed by atoms with Crippen molar-refractivity contribution in [2.24, 2.45) is 23.7 Å². The first-order valence-electron chi connectivity index (χ1n) is 20.5. The molecule has 4 heterocycles. The van der Waals surface area contributed by atoms with E-state index in [0.717, 1.165) is 97.4 Å². The molecule has 0 amide bonds. The summed E-state index contributed by atoms with van der Waals surface area (Å²) in [6.07, 6.45) is 17.8. The lowest BCUT2D eigenvalue weighted by Gasteiger charge is -2.11. The molecule has 0 bridgehead atoms. The van der Waals surface area contributed by atoms with Gasteiger partial charge in [-0.1, -0.05) is 119 Å². The van der Waals surface area contributed by atoms with Crippen molar-refractivity contribution in [2.45, 2.75) is 158 Å². The van der Waals surface area contributed by atoms with Crippen LogP contribution in [0.5, 0.6) is 0 Å². The van der Waals surface area contributed by atoms with E-state index >= 15 is 0 Å². The Morgan fingerprint density at radius 1 is 0.346 bits per heavy atom. The van der Waals surface area contributed by atoms with Gasteiger partial charge in [0.25, 0.3) is 0 Å². The minimum Gasteiger partial charge on any atom is -0.243 e. The average Bonchev–Trinajstić information content (AvgIpc) is 3.12. The lowest BCUT2D eigenvalue weighted by molar-refractivity contribution is 0.527. The molecule has 4 rings (SSSR count). The zero-order chi connectivity index (χ0) is 37.3. The predicted octanol–water partition coefficient (Wildman–Crippen LogP) is 11.3. The number of aromatic nitrogens is 8. The number of hydrogen-bond donors (Lipinski definition) is 0. The molecule has 0 spiro atoms. The van der Waals surface area contributed by atoms with Gasteiger partial charge in [-0.05, 0) is 99.3 Å². The Morgan fingerprint density at radius 2 is 0.654 bits per heavy atom. The van der Waals surface area contributed by atoms with Crippen LogP contribution in [0.25, 0.3) is 34.4 Å². The van der Waals surface area contributed by atoms with Crippen molar-refractivity contribution >= 4 is 0 Å². The molecule has 0 saturated heterocycles. The van der Waals surface area contributed by atoms with E-state index in [2.05, 4.69) is 65.6 Å². The molecule has 0 fully saturated rings. The van der Waals surface area contributed by atoms with E-state index in [1.165, 1.54) is 51.4 Å². The summed E-state index contributed by atoms with van der Waals surface area (Å²) in [7, 11) is 0. The molecule has 0 aromatic carbocycles. The molecule has 52 heavy (non-hydrogen) atoms. The van der Waals surface area contributed by atoms with Crippen LogP contribution in [0.15, 0.2) is 36.4 Å². The van der Waals surface area contributed by atoms with Crippen molar-refractivity contribution < 1.29 is 0 Å². The van der Waals surface area contributed by atoms with Gasteiger partial charge in [0.2, 0.25) is 11.6 Å². The third-order valence-electron chi connectivity index (χ3n) is 9.68. The number of hydrogen-bond acceptors (Lipinski definition) is 8. The first-order valence-corrected chi connectivity index (χ1v) is 20.5. The van der Waals surface area contributed by atoms with Crippen molar-refractivity contribution in [1.82, 2.24) is 40.3 Å². The van der Waals surface area contributed by atoms with Gasteiger partial charge >= 0.3 is 0 Å². The van der Waals surface area contributed by atoms with Gasteiger partial charge in [-0.2, -0.15) is 10.2 Å². The van der Waals surface area contributed by atoms with Crippen molar-refractivity contribution in [3.8, 4) is 34.4 Å². The fraction of sp³-hybridized carbons (Fsp3) is 0.636. The van der Waals surface area contributed by atoms with Crippen LogP contribution in [-0.2, 0) is 25.7 Å². The van der Waals surface area contributed by atoms with Gasteiger partial charge in [-0.15, -0.1) is 10.2 Å². The zero-order valence-corrected chi connectivity index (χ0v) is 33.7. The molecule has 8 nitrogen and oxygen atoms in total. The van der Waals surface area contributed by atoms with Crippen LogP contribution in [-0.4, -0.2) is 40.3 Å². The quantitative estimate of drug-likeness (QED) is 0.0702. The Bertz CT molecular complexity index is 1510. The summed E-state index contributed by atoms with van der Waals surface area (Å²) in [5.41, 5.74) is 7.13. The van der Waals surface area contributed by atoms with Crippen LogP contribution in [0.1, 0.15) is 155 Å². The number of nitrogens with zero attached hydrogens (tertiary/aromatic N) is 8. The molecule has 8 heteroatoms. The van der Waals surface area contributed by atoms with Gasteiger partial charge in [-0.25, -0.2) is 19.9 Å². The first kappa shape index (κ1) is 41.1. The van der Waals surface area contributed by atoms with Crippen LogP contribution < -0.4 is 0 Å². The summed E-state index contributed by atoms with van der Waals surface area (Å²) in [6, 6.07) is 11.9. The maximum Gasteiger partial charge on any atom is 0.200 e. The Morgan fingerprint density at radius 3 is 0.981 bits per heavy atom. The molecular weight excluding hydrogens is 641 g/mol. The number of unbranched alkanes of at least 4 members (excludes halogenated alkanes) is 4.